The molecule has 0 saturated heterocycles. The van der Waals surface area contributed by atoms with Crippen molar-refractivity contribution >= 4 is 17.5 Å². The van der Waals surface area contributed by atoms with Gasteiger partial charge in [0.15, 0.2) is 0 Å². The van der Waals surface area contributed by atoms with Crippen molar-refractivity contribution in [3.63, 3.8) is 0 Å². The first-order valence-corrected chi connectivity index (χ1v) is 8.52. The average Bonchev–Trinajstić information content (AvgIpc) is 2.72. The second-order valence-electron chi connectivity index (χ2n) is 5.54. The third-order valence-electron chi connectivity index (χ3n) is 3.74. The Morgan fingerprint density at radius 1 is 0.889 bits per heavy atom. The summed E-state index contributed by atoms with van der Waals surface area (Å²) in [6.45, 7) is 1.06. The van der Waals surface area contributed by atoms with Crippen molar-refractivity contribution in [1.82, 2.24) is 9.97 Å². The van der Waals surface area contributed by atoms with Crippen LogP contribution in [0.1, 0.15) is 0 Å². The lowest BCUT2D eigenvalue weighted by atomic mass is 10.3. The molecule has 0 aliphatic rings. The number of para-hydroxylation sites is 2. The van der Waals surface area contributed by atoms with Crippen LogP contribution in [0.15, 0.2) is 60.8 Å². The molecule has 0 saturated carbocycles. The van der Waals surface area contributed by atoms with E-state index in [0.717, 1.165) is 22.9 Å². The first-order chi connectivity index (χ1) is 13.3. The number of rotatable bonds is 9. The van der Waals surface area contributed by atoms with Gasteiger partial charge in [-0.3, -0.25) is 0 Å². The maximum absolute atomic E-state index is 5.68. The predicted molar refractivity (Wildman–Crippen MR) is 105 cm³/mol. The molecule has 0 radical (unpaired) electrons. The summed E-state index contributed by atoms with van der Waals surface area (Å²) in [6.07, 6.45) is 1.69. The fourth-order valence-electron chi connectivity index (χ4n) is 2.40. The van der Waals surface area contributed by atoms with E-state index in [9.17, 15) is 0 Å². The zero-order chi connectivity index (χ0) is 18.9. The Balaban J connectivity index is 1.51. The molecule has 140 valence electrons. The Hall–Kier alpha value is -3.48. The molecule has 0 aliphatic heterocycles. The summed E-state index contributed by atoms with van der Waals surface area (Å²) in [4.78, 5) is 8.67. The average molecular weight is 366 g/mol. The van der Waals surface area contributed by atoms with E-state index in [1.807, 2.05) is 48.5 Å². The van der Waals surface area contributed by atoms with Crippen molar-refractivity contribution in [1.29, 1.82) is 0 Å². The van der Waals surface area contributed by atoms with E-state index in [2.05, 4.69) is 20.6 Å². The van der Waals surface area contributed by atoms with Gasteiger partial charge >= 0.3 is 0 Å². The number of hydrogen-bond acceptors (Lipinski definition) is 7. The van der Waals surface area contributed by atoms with Crippen LogP contribution in [0.5, 0.6) is 17.2 Å². The summed E-state index contributed by atoms with van der Waals surface area (Å²) < 4.78 is 16.1. The van der Waals surface area contributed by atoms with Crippen molar-refractivity contribution in [2.45, 2.75) is 0 Å². The molecule has 0 bridgehead atoms. The monoisotopic (exact) mass is 366 g/mol. The van der Waals surface area contributed by atoms with Gasteiger partial charge in [0.2, 0.25) is 5.95 Å². The molecular weight excluding hydrogens is 344 g/mol. The van der Waals surface area contributed by atoms with Gasteiger partial charge in [0.1, 0.15) is 29.7 Å². The van der Waals surface area contributed by atoms with Gasteiger partial charge in [-0.25, -0.2) is 4.98 Å². The van der Waals surface area contributed by atoms with Crippen LogP contribution in [0.4, 0.5) is 17.5 Å². The lowest BCUT2D eigenvalue weighted by Crippen LogP contribution is -2.13. The summed E-state index contributed by atoms with van der Waals surface area (Å²) in [5.74, 6) is 3.53. The van der Waals surface area contributed by atoms with Crippen molar-refractivity contribution < 1.29 is 14.2 Å². The Bertz CT molecular complexity index is 856. The van der Waals surface area contributed by atoms with Gasteiger partial charge in [0.25, 0.3) is 0 Å². The largest absolute Gasteiger partial charge is 0.497 e. The van der Waals surface area contributed by atoms with E-state index in [1.54, 1.807) is 26.5 Å². The fourth-order valence-corrected chi connectivity index (χ4v) is 2.40. The molecule has 0 fully saturated rings. The van der Waals surface area contributed by atoms with E-state index in [1.165, 1.54) is 0 Å². The van der Waals surface area contributed by atoms with Crippen LogP contribution in [0.2, 0.25) is 0 Å². The normalized spacial score (nSPS) is 10.1. The highest BCUT2D eigenvalue weighted by molar-refractivity contribution is 5.64. The number of methoxy groups -OCH3 is 2. The Morgan fingerprint density at radius 3 is 2.44 bits per heavy atom. The third kappa shape index (κ3) is 5.24. The second-order valence-corrected chi connectivity index (χ2v) is 5.54. The number of nitrogens with one attached hydrogen (secondary N) is 2. The molecule has 0 aliphatic carbocycles. The zero-order valence-corrected chi connectivity index (χ0v) is 15.3. The Kier molecular flexibility index (Phi) is 6.30. The highest BCUT2D eigenvalue weighted by Gasteiger charge is 2.04. The van der Waals surface area contributed by atoms with Crippen molar-refractivity contribution in [3.05, 3.63) is 60.8 Å². The minimum atomic E-state index is 0.486. The summed E-state index contributed by atoms with van der Waals surface area (Å²) in [7, 11) is 3.27. The molecule has 0 amide bonds. The number of ether oxygens (including phenoxy) is 3. The molecule has 0 unspecified atom stereocenters. The number of hydrogen-bond donors (Lipinski definition) is 2. The van der Waals surface area contributed by atoms with Crippen LogP contribution in [-0.4, -0.2) is 37.3 Å². The zero-order valence-electron chi connectivity index (χ0n) is 15.3. The van der Waals surface area contributed by atoms with Crippen LogP contribution >= 0.6 is 0 Å². The van der Waals surface area contributed by atoms with E-state index in [4.69, 9.17) is 14.2 Å². The van der Waals surface area contributed by atoms with Gasteiger partial charge in [-0.1, -0.05) is 12.1 Å². The number of aromatic nitrogens is 2. The van der Waals surface area contributed by atoms with E-state index in [-0.39, 0.29) is 0 Å². The first kappa shape index (κ1) is 18.3. The van der Waals surface area contributed by atoms with Gasteiger partial charge in [0.05, 0.1) is 26.5 Å². The molecule has 2 N–H and O–H groups in total. The molecule has 0 atom stereocenters. The lowest BCUT2D eigenvalue weighted by molar-refractivity contribution is 0.331. The smallest absolute Gasteiger partial charge is 0.224 e. The SMILES string of the molecule is COc1ccc(OCCNc2nccc(Nc3ccccc3OC)n2)cc1. The highest BCUT2D eigenvalue weighted by atomic mass is 16.5. The molecular formula is C20H22N4O3. The molecule has 2 aromatic carbocycles. The van der Waals surface area contributed by atoms with E-state index >= 15 is 0 Å². The van der Waals surface area contributed by atoms with Crippen molar-refractivity contribution in [2.75, 3.05) is 38.0 Å². The molecule has 0 spiro atoms. The predicted octanol–water partition coefficient (Wildman–Crippen LogP) is 3.73. The maximum Gasteiger partial charge on any atom is 0.224 e. The van der Waals surface area contributed by atoms with Crippen LogP contribution < -0.4 is 24.8 Å². The highest BCUT2D eigenvalue weighted by Crippen LogP contribution is 2.26. The first-order valence-electron chi connectivity index (χ1n) is 8.52. The Morgan fingerprint density at radius 2 is 1.67 bits per heavy atom. The van der Waals surface area contributed by atoms with E-state index < -0.39 is 0 Å². The molecule has 1 aromatic heterocycles. The van der Waals surface area contributed by atoms with Crippen LogP contribution in [0, 0.1) is 0 Å². The molecule has 7 nitrogen and oxygen atoms in total. The maximum atomic E-state index is 5.68. The molecule has 7 heteroatoms. The van der Waals surface area contributed by atoms with Gasteiger partial charge in [-0.2, -0.15) is 4.98 Å². The molecule has 1 heterocycles. The standard InChI is InChI=1S/C20H22N4O3/c1-25-15-7-9-16(10-8-15)27-14-13-22-20-21-12-11-19(24-20)23-17-5-3-4-6-18(17)26-2/h3-12H,13-14H2,1-2H3,(H2,21,22,23,24). The minimum Gasteiger partial charge on any atom is -0.497 e. The lowest BCUT2D eigenvalue weighted by Gasteiger charge is -2.11. The summed E-state index contributed by atoms with van der Waals surface area (Å²) in [6, 6.07) is 16.9. The fraction of sp³-hybridized carbons (Fsp3) is 0.200. The molecule has 3 aromatic rings. The van der Waals surface area contributed by atoms with Crippen LogP contribution in [0.3, 0.4) is 0 Å². The molecule has 27 heavy (non-hydrogen) atoms. The quantitative estimate of drug-likeness (QED) is 0.559. The van der Waals surface area contributed by atoms with Crippen molar-refractivity contribution in [2.24, 2.45) is 0 Å². The van der Waals surface area contributed by atoms with Crippen LogP contribution in [-0.2, 0) is 0 Å². The number of benzene rings is 2. The van der Waals surface area contributed by atoms with Gasteiger partial charge in [-0.15, -0.1) is 0 Å². The summed E-state index contributed by atoms with van der Waals surface area (Å²) >= 11 is 0. The minimum absolute atomic E-state index is 0.486. The third-order valence-corrected chi connectivity index (χ3v) is 3.74. The van der Waals surface area contributed by atoms with E-state index in [0.29, 0.717) is 24.9 Å². The summed E-state index contributed by atoms with van der Waals surface area (Å²) in [5, 5.41) is 6.38. The van der Waals surface area contributed by atoms with Gasteiger partial charge in [0, 0.05) is 6.20 Å². The van der Waals surface area contributed by atoms with Gasteiger partial charge < -0.3 is 24.8 Å². The topological polar surface area (TPSA) is 77.5 Å². The summed E-state index contributed by atoms with van der Waals surface area (Å²) in [5.41, 5.74) is 0.840. The number of anilines is 3. The second kappa shape index (κ2) is 9.28. The van der Waals surface area contributed by atoms with Crippen LogP contribution in [0.25, 0.3) is 0 Å². The number of nitrogens with zero attached hydrogens (tertiary/aromatic N) is 2. The molecule has 3 rings (SSSR count). The Labute approximate surface area is 158 Å². The van der Waals surface area contributed by atoms with Crippen molar-refractivity contribution in [3.8, 4) is 17.2 Å². The van der Waals surface area contributed by atoms with Gasteiger partial charge in [-0.05, 0) is 42.5 Å².